The topological polar surface area (TPSA) is 33.3 Å². The van der Waals surface area contributed by atoms with Gasteiger partial charge in [-0.2, -0.15) is 0 Å². The summed E-state index contributed by atoms with van der Waals surface area (Å²) in [5, 5.41) is 6.96. The molecule has 0 aromatic heterocycles. The molecular formula is C12H17BrN2OS. The molecule has 0 spiro atoms. The Kier molecular flexibility index (Phi) is 6.47. The van der Waals surface area contributed by atoms with E-state index in [9.17, 15) is 0 Å². The summed E-state index contributed by atoms with van der Waals surface area (Å²) >= 11 is 8.60. The Labute approximate surface area is 116 Å². The predicted octanol–water partition coefficient (Wildman–Crippen LogP) is 2.62. The van der Waals surface area contributed by atoms with Crippen LogP contribution in [0.4, 0.5) is 0 Å². The van der Waals surface area contributed by atoms with Gasteiger partial charge >= 0.3 is 0 Å². The van der Waals surface area contributed by atoms with Gasteiger partial charge in [0.1, 0.15) is 0 Å². The molecule has 1 unspecified atom stereocenters. The maximum Gasteiger partial charge on any atom is 0.166 e. The molecule has 17 heavy (non-hydrogen) atoms. The van der Waals surface area contributed by atoms with Gasteiger partial charge in [0.2, 0.25) is 0 Å². The Morgan fingerprint density at radius 3 is 2.65 bits per heavy atom. The van der Waals surface area contributed by atoms with Gasteiger partial charge in [-0.3, -0.25) is 0 Å². The molecule has 2 N–H and O–H groups in total. The fourth-order valence-electron chi connectivity index (χ4n) is 1.35. The number of benzene rings is 1. The Bertz CT molecular complexity index is 356. The second-order valence-electron chi connectivity index (χ2n) is 3.67. The van der Waals surface area contributed by atoms with Crippen molar-refractivity contribution in [2.45, 2.75) is 13.0 Å². The number of methoxy groups -OCH3 is 1. The van der Waals surface area contributed by atoms with Crippen molar-refractivity contribution in [2.75, 3.05) is 20.3 Å². The molecule has 1 aromatic carbocycles. The van der Waals surface area contributed by atoms with Crippen molar-refractivity contribution in [2.24, 2.45) is 0 Å². The Morgan fingerprint density at radius 1 is 1.41 bits per heavy atom. The van der Waals surface area contributed by atoms with E-state index in [0.717, 1.165) is 11.0 Å². The van der Waals surface area contributed by atoms with Crippen LogP contribution in [0.15, 0.2) is 28.7 Å². The average molecular weight is 317 g/mol. The van der Waals surface area contributed by atoms with E-state index < -0.39 is 0 Å². The molecule has 1 rings (SSSR count). The molecule has 0 fully saturated rings. The van der Waals surface area contributed by atoms with Gasteiger partial charge in [-0.25, -0.2) is 0 Å². The molecule has 0 saturated heterocycles. The smallest absolute Gasteiger partial charge is 0.166 e. The summed E-state index contributed by atoms with van der Waals surface area (Å²) in [6, 6.07) is 8.37. The van der Waals surface area contributed by atoms with Crippen LogP contribution in [0.2, 0.25) is 0 Å². The molecule has 1 atom stereocenters. The minimum atomic E-state index is 0.186. The zero-order valence-corrected chi connectivity index (χ0v) is 12.4. The summed E-state index contributed by atoms with van der Waals surface area (Å²) in [6.45, 7) is 3.44. The van der Waals surface area contributed by atoms with Gasteiger partial charge in [-0.15, -0.1) is 0 Å². The number of nitrogens with one attached hydrogen (secondary N) is 2. The highest BCUT2D eigenvalue weighted by Crippen LogP contribution is 2.16. The fraction of sp³-hybridized carbons (Fsp3) is 0.417. The highest BCUT2D eigenvalue weighted by atomic mass is 79.9. The maximum absolute atomic E-state index is 5.18. The van der Waals surface area contributed by atoms with Gasteiger partial charge in [0.05, 0.1) is 12.6 Å². The van der Waals surface area contributed by atoms with Crippen molar-refractivity contribution >= 4 is 33.3 Å². The molecule has 0 amide bonds. The normalized spacial score (nSPS) is 11.9. The lowest BCUT2D eigenvalue weighted by Gasteiger charge is -2.17. The molecule has 0 radical (unpaired) electrons. The molecule has 0 heterocycles. The first-order valence-corrected chi connectivity index (χ1v) is 6.62. The third-order valence-electron chi connectivity index (χ3n) is 2.31. The van der Waals surface area contributed by atoms with Crippen LogP contribution in [0.1, 0.15) is 18.5 Å². The summed E-state index contributed by atoms with van der Waals surface area (Å²) in [5.41, 5.74) is 1.20. The average Bonchev–Trinajstić information content (AvgIpc) is 2.30. The summed E-state index contributed by atoms with van der Waals surface area (Å²) < 4.78 is 6.02. The van der Waals surface area contributed by atoms with Crippen LogP contribution in [0.25, 0.3) is 0 Å². The summed E-state index contributed by atoms with van der Waals surface area (Å²) in [4.78, 5) is 0. The number of thiocarbonyl (C=S) groups is 1. The number of hydrogen-bond donors (Lipinski definition) is 2. The zero-order valence-electron chi connectivity index (χ0n) is 10.00. The van der Waals surface area contributed by atoms with Gasteiger partial charge in [0, 0.05) is 18.1 Å². The third kappa shape index (κ3) is 5.48. The van der Waals surface area contributed by atoms with Gasteiger partial charge in [-0.1, -0.05) is 28.1 Å². The van der Waals surface area contributed by atoms with Crippen molar-refractivity contribution in [3.05, 3.63) is 34.3 Å². The van der Waals surface area contributed by atoms with Crippen LogP contribution in [0.3, 0.4) is 0 Å². The van der Waals surface area contributed by atoms with Crippen molar-refractivity contribution in [3.63, 3.8) is 0 Å². The highest BCUT2D eigenvalue weighted by molar-refractivity contribution is 9.10. The van der Waals surface area contributed by atoms with Crippen LogP contribution in [-0.4, -0.2) is 25.4 Å². The third-order valence-corrected chi connectivity index (χ3v) is 3.10. The second kappa shape index (κ2) is 7.63. The Morgan fingerprint density at radius 2 is 2.06 bits per heavy atom. The predicted molar refractivity (Wildman–Crippen MR) is 78.2 cm³/mol. The fourth-order valence-corrected chi connectivity index (χ4v) is 1.89. The van der Waals surface area contributed by atoms with Crippen LogP contribution < -0.4 is 10.6 Å². The second-order valence-corrected chi connectivity index (χ2v) is 4.99. The highest BCUT2D eigenvalue weighted by Gasteiger charge is 2.06. The van der Waals surface area contributed by atoms with Crippen LogP contribution in [-0.2, 0) is 4.74 Å². The first-order chi connectivity index (χ1) is 8.13. The lowest BCUT2D eigenvalue weighted by Crippen LogP contribution is -2.38. The van der Waals surface area contributed by atoms with Crippen molar-refractivity contribution in [1.29, 1.82) is 0 Å². The number of rotatable bonds is 5. The quantitative estimate of drug-likeness (QED) is 0.646. The molecule has 94 valence electrons. The summed E-state index contributed by atoms with van der Waals surface area (Å²) in [5.74, 6) is 0. The lowest BCUT2D eigenvalue weighted by atomic mass is 10.1. The SMILES string of the molecule is COCCNC(=S)NC(C)c1ccc(Br)cc1. The Balaban J connectivity index is 2.40. The number of halogens is 1. The molecule has 0 aliphatic rings. The molecular weight excluding hydrogens is 300 g/mol. The van der Waals surface area contributed by atoms with Crippen LogP contribution >= 0.6 is 28.1 Å². The van der Waals surface area contributed by atoms with E-state index in [-0.39, 0.29) is 6.04 Å². The van der Waals surface area contributed by atoms with E-state index in [1.807, 2.05) is 12.1 Å². The van der Waals surface area contributed by atoms with Gasteiger partial charge in [0.25, 0.3) is 0 Å². The molecule has 3 nitrogen and oxygen atoms in total. The number of ether oxygens (including phenoxy) is 1. The zero-order chi connectivity index (χ0) is 12.7. The minimum Gasteiger partial charge on any atom is -0.383 e. The first-order valence-electron chi connectivity index (χ1n) is 5.42. The van der Waals surface area contributed by atoms with Gasteiger partial charge < -0.3 is 15.4 Å². The summed E-state index contributed by atoms with van der Waals surface area (Å²) in [7, 11) is 1.67. The summed E-state index contributed by atoms with van der Waals surface area (Å²) in [6.07, 6.45) is 0. The van der Waals surface area contributed by atoms with E-state index in [1.54, 1.807) is 7.11 Å². The van der Waals surface area contributed by atoms with Crippen molar-refractivity contribution < 1.29 is 4.74 Å². The van der Waals surface area contributed by atoms with E-state index in [2.05, 4.69) is 45.6 Å². The maximum atomic E-state index is 5.18. The first kappa shape index (κ1) is 14.4. The molecule has 5 heteroatoms. The van der Waals surface area contributed by atoms with Gasteiger partial charge in [-0.05, 0) is 36.8 Å². The monoisotopic (exact) mass is 316 g/mol. The van der Waals surface area contributed by atoms with Crippen molar-refractivity contribution in [1.82, 2.24) is 10.6 Å². The molecule has 0 aliphatic carbocycles. The van der Waals surface area contributed by atoms with E-state index in [1.165, 1.54) is 5.56 Å². The standard InChI is InChI=1S/C12H17BrN2OS/c1-9(10-3-5-11(13)6-4-10)15-12(17)14-7-8-16-2/h3-6,9H,7-8H2,1-2H3,(H2,14,15,17). The minimum absolute atomic E-state index is 0.186. The Hall–Kier alpha value is -0.650. The molecule has 0 bridgehead atoms. The van der Waals surface area contributed by atoms with Gasteiger partial charge in [0.15, 0.2) is 5.11 Å². The lowest BCUT2D eigenvalue weighted by molar-refractivity contribution is 0.204. The van der Waals surface area contributed by atoms with E-state index >= 15 is 0 Å². The van der Waals surface area contributed by atoms with Crippen LogP contribution in [0, 0.1) is 0 Å². The molecule has 0 saturated carbocycles. The van der Waals surface area contributed by atoms with Crippen LogP contribution in [0.5, 0.6) is 0 Å². The van der Waals surface area contributed by atoms with E-state index in [4.69, 9.17) is 17.0 Å². The largest absolute Gasteiger partial charge is 0.383 e. The molecule has 0 aliphatic heterocycles. The molecule has 1 aromatic rings. The number of hydrogen-bond acceptors (Lipinski definition) is 2. The van der Waals surface area contributed by atoms with Crippen molar-refractivity contribution in [3.8, 4) is 0 Å². The van der Waals surface area contributed by atoms with E-state index in [0.29, 0.717) is 11.7 Å².